The van der Waals surface area contributed by atoms with E-state index in [9.17, 15) is 4.79 Å². The Labute approximate surface area is 153 Å². The van der Waals surface area contributed by atoms with E-state index in [0.717, 1.165) is 29.8 Å². The fourth-order valence-corrected chi connectivity index (χ4v) is 3.29. The van der Waals surface area contributed by atoms with Gasteiger partial charge >= 0.3 is 0 Å². The van der Waals surface area contributed by atoms with E-state index in [0.29, 0.717) is 12.2 Å². The van der Waals surface area contributed by atoms with Crippen LogP contribution in [-0.2, 0) is 19.4 Å². The van der Waals surface area contributed by atoms with E-state index < -0.39 is 0 Å². The summed E-state index contributed by atoms with van der Waals surface area (Å²) in [7, 11) is 0. The molecule has 3 nitrogen and oxygen atoms in total. The molecule has 1 N–H and O–H groups in total. The molecule has 130 valence electrons. The summed E-state index contributed by atoms with van der Waals surface area (Å²) < 4.78 is 5.73. The standard InChI is InChI=1S/C23H21NO2/c25-23(24-21-14-13-18-5-4-6-20(18)15-21)19-11-9-17(10-12-19)16-26-22-7-2-1-3-8-22/h1-3,7-15H,4-6,16H2,(H,24,25). The van der Waals surface area contributed by atoms with Crippen LogP contribution < -0.4 is 10.1 Å². The highest BCUT2D eigenvalue weighted by Crippen LogP contribution is 2.25. The number of hydrogen-bond donors (Lipinski definition) is 1. The predicted molar refractivity (Wildman–Crippen MR) is 104 cm³/mol. The van der Waals surface area contributed by atoms with E-state index in [1.165, 1.54) is 17.5 Å². The minimum absolute atomic E-state index is 0.0847. The van der Waals surface area contributed by atoms with Gasteiger partial charge in [-0.1, -0.05) is 36.4 Å². The quantitative estimate of drug-likeness (QED) is 0.707. The molecule has 0 saturated carbocycles. The molecule has 0 heterocycles. The average Bonchev–Trinajstić information content (AvgIpc) is 3.15. The summed E-state index contributed by atoms with van der Waals surface area (Å²) in [6.45, 7) is 0.483. The number of hydrogen-bond acceptors (Lipinski definition) is 2. The van der Waals surface area contributed by atoms with Crippen molar-refractivity contribution in [2.75, 3.05) is 5.32 Å². The van der Waals surface area contributed by atoms with Gasteiger partial charge in [-0.05, 0) is 72.4 Å². The highest BCUT2D eigenvalue weighted by Gasteiger charge is 2.12. The number of fused-ring (bicyclic) bond motifs is 1. The average molecular weight is 343 g/mol. The molecule has 26 heavy (non-hydrogen) atoms. The van der Waals surface area contributed by atoms with Gasteiger partial charge in [0.1, 0.15) is 12.4 Å². The molecule has 0 spiro atoms. The number of amides is 1. The van der Waals surface area contributed by atoms with Crippen LogP contribution in [0.25, 0.3) is 0 Å². The predicted octanol–water partition coefficient (Wildman–Crippen LogP) is 5.01. The Morgan fingerprint density at radius 3 is 2.46 bits per heavy atom. The number of anilines is 1. The molecule has 1 aliphatic carbocycles. The van der Waals surface area contributed by atoms with Gasteiger partial charge in [0.05, 0.1) is 0 Å². The Bertz CT molecular complexity index is 901. The van der Waals surface area contributed by atoms with E-state index >= 15 is 0 Å². The van der Waals surface area contributed by atoms with Crippen LogP contribution >= 0.6 is 0 Å². The van der Waals surface area contributed by atoms with Gasteiger partial charge in [-0.15, -0.1) is 0 Å². The van der Waals surface area contributed by atoms with Crippen molar-refractivity contribution in [2.24, 2.45) is 0 Å². The summed E-state index contributed by atoms with van der Waals surface area (Å²) in [5.74, 6) is 0.754. The summed E-state index contributed by atoms with van der Waals surface area (Å²) in [6.07, 6.45) is 3.46. The molecule has 0 atom stereocenters. The molecule has 4 rings (SSSR count). The topological polar surface area (TPSA) is 38.3 Å². The molecule has 1 aliphatic rings. The molecule has 0 radical (unpaired) electrons. The summed E-state index contributed by atoms with van der Waals surface area (Å²) in [4.78, 5) is 12.5. The molecule has 3 aromatic carbocycles. The van der Waals surface area contributed by atoms with Crippen molar-refractivity contribution in [3.05, 3.63) is 95.1 Å². The van der Waals surface area contributed by atoms with Crippen molar-refractivity contribution >= 4 is 11.6 Å². The summed E-state index contributed by atoms with van der Waals surface area (Å²) in [5, 5.41) is 3.00. The van der Waals surface area contributed by atoms with Crippen molar-refractivity contribution in [1.29, 1.82) is 0 Å². The number of rotatable bonds is 5. The lowest BCUT2D eigenvalue weighted by Crippen LogP contribution is -2.12. The number of aryl methyl sites for hydroxylation is 2. The van der Waals surface area contributed by atoms with E-state index in [-0.39, 0.29) is 5.91 Å². The van der Waals surface area contributed by atoms with Crippen molar-refractivity contribution < 1.29 is 9.53 Å². The molecule has 0 unspecified atom stereocenters. The van der Waals surface area contributed by atoms with Gasteiger partial charge in [0, 0.05) is 11.3 Å². The minimum atomic E-state index is -0.0847. The third-order valence-electron chi connectivity index (χ3n) is 4.72. The van der Waals surface area contributed by atoms with E-state index in [1.54, 1.807) is 0 Å². The largest absolute Gasteiger partial charge is 0.489 e. The first-order valence-electron chi connectivity index (χ1n) is 8.98. The summed E-state index contributed by atoms with van der Waals surface area (Å²) >= 11 is 0. The zero-order valence-electron chi connectivity index (χ0n) is 14.6. The number of para-hydroxylation sites is 1. The van der Waals surface area contributed by atoms with E-state index in [4.69, 9.17) is 4.74 Å². The summed E-state index contributed by atoms with van der Waals surface area (Å²) in [6, 6.07) is 23.5. The Kier molecular flexibility index (Phi) is 4.69. The highest BCUT2D eigenvalue weighted by molar-refractivity contribution is 6.04. The SMILES string of the molecule is O=C(Nc1ccc2c(c1)CCC2)c1ccc(COc2ccccc2)cc1. The number of benzene rings is 3. The van der Waals surface area contributed by atoms with Crippen LogP contribution in [0.1, 0.15) is 33.5 Å². The molecule has 0 saturated heterocycles. The molecule has 0 bridgehead atoms. The molecular formula is C23H21NO2. The van der Waals surface area contributed by atoms with Crippen LogP contribution in [0, 0.1) is 0 Å². The zero-order chi connectivity index (χ0) is 17.8. The third-order valence-corrected chi connectivity index (χ3v) is 4.72. The lowest BCUT2D eigenvalue weighted by atomic mass is 10.1. The van der Waals surface area contributed by atoms with Crippen LogP contribution in [0.3, 0.4) is 0 Å². The van der Waals surface area contributed by atoms with E-state index in [2.05, 4.69) is 17.4 Å². The lowest BCUT2D eigenvalue weighted by molar-refractivity contribution is 0.102. The Balaban J connectivity index is 1.37. The van der Waals surface area contributed by atoms with Gasteiger partial charge in [-0.25, -0.2) is 0 Å². The fraction of sp³-hybridized carbons (Fsp3) is 0.174. The van der Waals surface area contributed by atoms with Gasteiger partial charge in [0.15, 0.2) is 0 Å². The normalized spacial score (nSPS) is 12.5. The molecule has 3 heteroatoms. The maximum absolute atomic E-state index is 12.5. The molecule has 0 fully saturated rings. The summed E-state index contributed by atoms with van der Waals surface area (Å²) in [5.41, 5.74) is 5.31. The first-order chi connectivity index (χ1) is 12.8. The van der Waals surface area contributed by atoms with Crippen LogP contribution in [-0.4, -0.2) is 5.91 Å². The maximum Gasteiger partial charge on any atom is 0.255 e. The number of carbonyl (C=O) groups is 1. The number of nitrogens with one attached hydrogen (secondary N) is 1. The fourth-order valence-electron chi connectivity index (χ4n) is 3.29. The van der Waals surface area contributed by atoms with Crippen LogP contribution in [0.4, 0.5) is 5.69 Å². The number of carbonyl (C=O) groups excluding carboxylic acids is 1. The monoisotopic (exact) mass is 343 g/mol. The smallest absolute Gasteiger partial charge is 0.255 e. The first kappa shape index (κ1) is 16.4. The van der Waals surface area contributed by atoms with Crippen molar-refractivity contribution in [3.63, 3.8) is 0 Å². The second kappa shape index (κ2) is 7.44. The molecule has 0 aromatic heterocycles. The van der Waals surface area contributed by atoms with Gasteiger partial charge in [0.25, 0.3) is 5.91 Å². The Morgan fingerprint density at radius 2 is 1.65 bits per heavy atom. The van der Waals surface area contributed by atoms with E-state index in [1.807, 2.05) is 60.7 Å². The Morgan fingerprint density at radius 1 is 0.885 bits per heavy atom. The molecule has 1 amide bonds. The van der Waals surface area contributed by atoms with Crippen molar-refractivity contribution in [1.82, 2.24) is 0 Å². The number of ether oxygens (including phenoxy) is 1. The first-order valence-corrected chi connectivity index (χ1v) is 8.98. The maximum atomic E-state index is 12.5. The van der Waals surface area contributed by atoms with Crippen LogP contribution in [0.2, 0.25) is 0 Å². The third kappa shape index (κ3) is 3.77. The van der Waals surface area contributed by atoms with Gasteiger partial charge < -0.3 is 10.1 Å². The van der Waals surface area contributed by atoms with Crippen LogP contribution in [0.15, 0.2) is 72.8 Å². The van der Waals surface area contributed by atoms with Crippen molar-refractivity contribution in [3.8, 4) is 5.75 Å². The molecular weight excluding hydrogens is 322 g/mol. The zero-order valence-corrected chi connectivity index (χ0v) is 14.6. The molecule has 3 aromatic rings. The lowest BCUT2D eigenvalue weighted by Gasteiger charge is -2.09. The minimum Gasteiger partial charge on any atom is -0.489 e. The van der Waals surface area contributed by atoms with Crippen LogP contribution in [0.5, 0.6) is 5.75 Å². The Hall–Kier alpha value is -3.07. The van der Waals surface area contributed by atoms with Gasteiger partial charge in [-0.3, -0.25) is 4.79 Å². The van der Waals surface area contributed by atoms with Gasteiger partial charge in [0.2, 0.25) is 0 Å². The second-order valence-electron chi connectivity index (χ2n) is 6.59. The molecule has 0 aliphatic heterocycles. The highest BCUT2D eigenvalue weighted by atomic mass is 16.5. The van der Waals surface area contributed by atoms with Gasteiger partial charge in [-0.2, -0.15) is 0 Å². The van der Waals surface area contributed by atoms with Crippen molar-refractivity contribution in [2.45, 2.75) is 25.9 Å². The second-order valence-corrected chi connectivity index (χ2v) is 6.59.